The third kappa shape index (κ3) is 2.77. The highest BCUT2D eigenvalue weighted by atomic mass is 79.9. The molecule has 0 aliphatic rings. The number of rotatable bonds is 3. The van der Waals surface area contributed by atoms with E-state index in [1.54, 1.807) is 0 Å². The first-order valence-corrected chi connectivity index (χ1v) is 6.27. The van der Waals surface area contributed by atoms with Gasteiger partial charge in [-0.25, -0.2) is 0 Å². The van der Waals surface area contributed by atoms with Crippen LogP contribution in [-0.2, 0) is 0 Å². The van der Waals surface area contributed by atoms with E-state index in [1.165, 1.54) is 5.56 Å². The van der Waals surface area contributed by atoms with Gasteiger partial charge in [0.1, 0.15) is 4.95 Å². The lowest BCUT2D eigenvalue weighted by molar-refractivity contribution is 1.13. The fourth-order valence-electron chi connectivity index (χ4n) is 1.42. The number of nitrogens with one attached hydrogen (secondary N) is 1. The lowest BCUT2D eigenvalue weighted by Gasteiger charge is -2.14. The third-order valence-electron chi connectivity index (χ3n) is 2.25. The van der Waals surface area contributed by atoms with Crippen LogP contribution >= 0.6 is 27.5 Å². The predicted molar refractivity (Wildman–Crippen MR) is 73.2 cm³/mol. The molecule has 2 aromatic carbocycles. The summed E-state index contributed by atoms with van der Waals surface area (Å²) in [6.07, 6.45) is 0. The SMILES string of the molecule is Clc1ccccc1NC(Br)c1ccccc1. The van der Waals surface area contributed by atoms with Crippen molar-refractivity contribution in [2.45, 2.75) is 4.95 Å². The number of hydrogen-bond acceptors (Lipinski definition) is 1. The van der Waals surface area contributed by atoms with Gasteiger partial charge in [0.05, 0.1) is 10.7 Å². The van der Waals surface area contributed by atoms with E-state index in [2.05, 4.69) is 33.4 Å². The van der Waals surface area contributed by atoms with Crippen LogP contribution in [0.15, 0.2) is 54.6 Å². The summed E-state index contributed by atoms with van der Waals surface area (Å²) < 4.78 is 0. The maximum absolute atomic E-state index is 6.07. The fraction of sp³-hybridized carbons (Fsp3) is 0.0769. The second-order valence-corrected chi connectivity index (χ2v) is 4.72. The molecule has 0 saturated heterocycles. The quantitative estimate of drug-likeness (QED) is 0.631. The first kappa shape index (κ1) is 11.5. The molecule has 0 radical (unpaired) electrons. The Bertz CT molecular complexity index is 458. The Morgan fingerprint density at radius 2 is 1.56 bits per heavy atom. The van der Waals surface area contributed by atoms with E-state index in [-0.39, 0.29) is 4.95 Å². The van der Waals surface area contributed by atoms with Crippen molar-refractivity contribution in [3.05, 3.63) is 65.2 Å². The van der Waals surface area contributed by atoms with Crippen LogP contribution in [0.2, 0.25) is 5.02 Å². The summed E-state index contributed by atoms with van der Waals surface area (Å²) in [7, 11) is 0. The number of benzene rings is 2. The van der Waals surface area contributed by atoms with Crippen LogP contribution in [0.5, 0.6) is 0 Å². The van der Waals surface area contributed by atoms with Crippen LogP contribution in [0.3, 0.4) is 0 Å². The van der Waals surface area contributed by atoms with Crippen molar-refractivity contribution in [3.63, 3.8) is 0 Å². The molecule has 0 saturated carbocycles. The van der Waals surface area contributed by atoms with Crippen molar-refractivity contribution in [2.24, 2.45) is 0 Å². The molecule has 16 heavy (non-hydrogen) atoms. The van der Waals surface area contributed by atoms with Gasteiger partial charge in [0.25, 0.3) is 0 Å². The topological polar surface area (TPSA) is 12.0 Å². The fourth-order valence-corrected chi connectivity index (χ4v) is 2.16. The summed E-state index contributed by atoms with van der Waals surface area (Å²) >= 11 is 9.66. The molecule has 0 aromatic heterocycles. The normalized spacial score (nSPS) is 12.1. The van der Waals surface area contributed by atoms with E-state index < -0.39 is 0 Å². The van der Waals surface area contributed by atoms with Crippen molar-refractivity contribution in [3.8, 4) is 0 Å². The zero-order valence-corrected chi connectivity index (χ0v) is 10.9. The van der Waals surface area contributed by atoms with Crippen molar-refractivity contribution >= 4 is 33.2 Å². The maximum atomic E-state index is 6.07. The van der Waals surface area contributed by atoms with Crippen molar-refractivity contribution in [2.75, 3.05) is 5.32 Å². The molecule has 0 amide bonds. The summed E-state index contributed by atoms with van der Waals surface area (Å²) in [5, 5.41) is 4.04. The molecular formula is C13H11BrClN. The summed E-state index contributed by atoms with van der Waals surface area (Å²) in [6.45, 7) is 0. The minimum atomic E-state index is 0.0635. The van der Waals surface area contributed by atoms with Crippen LogP contribution in [-0.4, -0.2) is 0 Å². The summed E-state index contributed by atoms with van der Waals surface area (Å²) in [4.78, 5) is 0.0635. The molecular weight excluding hydrogens is 286 g/mol. The van der Waals surface area contributed by atoms with Crippen molar-refractivity contribution in [1.82, 2.24) is 0 Å². The molecule has 0 heterocycles. The molecule has 3 heteroatoms. The van der Waals surface area contributed by atoms with Gasteiger partial charge < -0.3 is 5.32 Å². The molecule has 0 bridgehead atoms. The van der Waals surface area contributed by atoms with Gasteiger partial charge in [-0.3, -0.25) is 0 Å². The zero-order chi connectivity index (χ0) is 11.4. The van der Waals surface area contributed by atoms with Crippen LogP contribution in [0.4, 0.5) is 5.69 Å². The Morgan fingerprint density at radius 3 is 2.25 bits per heavy atom. The first-order valence-electron chi connectivity index (χ1n) is 4.97. The van der Waals surface area contributed by atoms with Gasteiger partial charge in [-0.2, -0.15) is 0 Å². The third-order valence-corrected chi connectivity index (χ3v) is 3.34. The predicted octanol–water partition coefficient (Wildman–Crippen LogP) is 4.85. The Morgan fingerprint density at radius 1 is 0.938 bits per heavy atom. The standard InChI is InChI=1S/C13H11BrClN/c14-13(10-6-2-1-3-7-10)16-12-9-5-4-8-11(12)15/h1-9,13,16H. The highest BCUT2D eigenvalue weighted by Crippen LogP contribution is 2.28. The van der Waals surface area contributed by atoms with Gasteiger partial charge in [-0.1, -0.05) is 70.0 Å². The second kappa shape index (κ2) is 5.37. The number of halogens is 2. The number of alkyl halides is 1. The van der Waals surface area contributed by atoms with Crippen LogP contribution in [0.1, 0.15) is 10.5 Å². The summed E-state index contributed by atoms with van der Waals surface area (Å²) in [5.74, 6) is 0. The molecule has 0 aliphatic carbocycles. The van der Waals surface area contributed by atoms with Gasteiger partial charge in [-0.05, 0) is 17.7 Å². The Hall–Kier alpha value is -0.990. The van der Waals surface area contributed by atoms with E-state index >= 15 is 0 Å². The van der Waals surface area contributed by atoms with Gasteiger partial charge >= 0.3 is 0 Å². The minimum absolute atomic E-state index is 0.0635. The molecule has 0 spiro atoms. The molecule has 1 nitrogen and oxygen atoms in total. The first-order chi connectivity index (χ1) is 7.77. The van der Waals surface area contributed by atoms with E-state index in [0.29, 0.717) is 0 Å². The van der Waals surface area contributed by atoms with E-state index in [4.69, 9.17) is 11.6 Å². The maximum Gasteiger partial charge on any atom is 0.108 e. The number of para-hydroxylation sites is 1. The van der Waals surface area contributed by atoms with Gasteiger partial charge in [0.15, 0.2) is 0 Å². The average molecular weight is 297 g/mol. The van der Waals surface area contributed by atoms with Crippen LogP contribution in [0.25, 0.3) is 0 Å². The Labute approximate surface area is 109 Å². The molecule has 1 unspecified atom stereocenters. The van der Waals surface area contributed by atoms with E-state index in [9.17, 15) is 0 Å². The lowest BCUT2D eigenvalue weighted by atomic mass is 10.2. The number of anilines is 1. The highest BCUT2D eigenvalue weighted by Gasteiger charge is 2.07. The second-order valence-electron chi connectivity index (χ2n) is 3.40. The smallest absolute Gasteiger partial charge is 0.108 e. The molecule has 2 aromatic rings. The van der Waals surface area contributed by atoms with E-state index in [0.717, 1.165) is 10.7 Å². The Kier molecular flexibility index (Phi) is 3.86. The molecule has 1 N–H and O–H groups in total. The summed E-state index contributed by atoms with van der Waals surface area (Å²) in [6, 6.07) is 17.8. The molecule has 82 valence electrons. The van der Waals surface area contributed by atoms with Crippen molar-refractivity contribution in [1.29, 1.82) is 0 Å². The molecule has 0 fully saturated rings. The monoisotopic (exact) mass is 295 g/mol. The molecule has 1 atom stereocenters. The van der Waals surface area contributed by atoms with Crippen LogP contribution in [0, 0.1) is 0 Å². The molecule has 2 rings (SSSR count). The van der Waals surface area contributed by atoms with Gasteiger partial charge in [-0.15, -0.1) is 0 Å². The lowest BCUT2D eigenvalue weighted by Crippen LogP contribution is -2.03. The zero-order valence-electron chi connectivity index (χ0n) is 8.53. The van der Waals surface area contributed by atoms with Gasteiger partial charge in [0, 0.05) is 0 Å². The van der Waals surface area contributed by atoms with Crippen LogP contribution < -0.4 is 5.32 Å². The molecule has 0 aliphatic heterocycles. The summed E-state index contributed by atoms with van der Waals surface area (Å²) in [5.41, 5.74) is 2.09. The van der Waals surface area contributed by atoms with E-state index in [1.807, 2.05) is 42.5 Å². The highest BCUT2D eigenvalue weighted by molar-refractivity contribution is 9.09. The Balaban J connectivity index is 2.14. The van der Waals surface area contributed by atoms with Crippen molar-refractivity contribution < 1.29 is 0 Å². The largest absolute Gasteiger partial charge is 0.368 e. The van der Waals surface area contributed by atoms with Gasteiger partial charge in [0.2, 0.25) is 0 Å². The average Bonchev–Trinajstić information content (AvgIpc) is 2.33. The minimum Gasteiger partial charge on any atom is -0.368 e. The number of hydrogen-bond donors (Lipinski definition) is 1.